The van der Waals surface area contributed by atoms with Crippen molar-refractivity contribution in [3.05, 3.63) is 39.7 Å². The summed E-state index contributed by atoms with van der Waals surface area (Å²) in [6.45, 7) is 2.64. The molecule has 0 saturated heterocycles. The van der Waals surface area contributed by atoms with Crippen LogP contribution in [-0.4, -0.2) is 4.57 Å². The maximum absolute atomic E-state index is 8.90. The van der Waals surface area contributed by atoms with Crippen molar-refractivity contribution in [1.82, 2.24) is 4.57 Å². The van der Waals surface area contributed by atoms with E-state index in [1.807, 2.05) is 29.1 Å². The molecule has 0 unspecified atom stereocenters. The Morgan fingerprint density at radius 2 is 2.40 bits per heavy atom. The Morgan fingerprint density at radius 3 is 2.93 bits per heavy atom. The second-order valence-corrected chi connectivity index (χ2v) is 4.42. The molecule has 0 bridgehead atoms. The number of nitrogens with zero attached hydrogens (tertiary/aromatic N) is 2. The van der Waals surface area contributed by atoms with Crippen molar-refractivity contribution in [2.75, 3.05) is 5.73 Å². The highest BCUT2D eigenvalue weighted by atomic mass is 32.1. The molecule has 2 rings (SSSR count). The number of rotatable bonds is 2. The maximum Gasteiger partial charge on any atom is 0.122 e. The molecule has 3 nitrogen and oxygen atoms in total. The molecule has 0 fully saturated rings. The van der Waals surface area contributed by atoms with Gasteiger partial charge in [-0.15, -0.1) is 11.3 Å². The number of hydrogen-bond acceptors (Lipinski definition) is 3. The Morgan fingerprint density at radius 1 is 1.60 bits per heavy atom. The van der Waals surface area contributed by atoms with Crippen LogP contribution in [0.4, 0.5) is 5.82 Å². The fourth-order valence-electron chi connectivity index (χ4n) is 1.56. The highest BCUT2D eigenvalue weighted by Crippen LogP contribution is 2.20. The fourth-order valence-corrected chi connectivity index (χ4v) is 2.26. The lowest BCUT2D eigenvalue weighted by Crippen LogP contribution is -2.02. The number of anilines is 1. The van der Waals surface area contributed by atoms with Crippen LogP contribution in [0.15, 0.2) is 23.7 Å². The van der Waals surface area contributed by atoms with Gasteiger partial charge in [-0.1, -0.05) is 6.07 Å². The Labute approximate surface area is 92.4 Å². The van der Waals surface area contributed by atoms with E-state index in [2.05, 4.69) is 12.1 Å². The number of nitrogen functional groups attached to an aromatic ring is 1. The maximum atomic E-state index is 8.90. The highest BCUT2D eigenvalue weighted by molar-refractivity contribution is 7.09. The van der Waals surface area contributed by atoms with Crippen molar-refractivity contribution in [3.63, 3.8) is 0 Å². The summed E-state index contributed by atoms with van der Waals surface area (Å²) < 4.78 is 1.92. The Balaban J connectivity index is 2.35. The highest BCUT2D eigenvalue weighted by Gasteiger charge is 2.09. The summed E-state index contributed by atoms with van der Waals surface area (Å²) in [6, 6.07) is 6.19. The van der Waals surface area contributed by atoms with E-state index in [1.165, 1.54) is 4.88 Å². The van der Waals surface area contributed by atoms with E-state index in [0.29, 0.717) is 11.4 Å². The summed E-state index contributed by atoms with van der Waals surface area (Å²) in [5.74, 6) is 0.559. The number of aryl methyl sites for hydroxylation is 1. The molecule has 0 atom stereocenters. The topological polar surface area (TPSA) is 54.7 Å². The zero-order valence-corrected chi connectivity index (χ0v) is 9.21. The number of aromatic nitrogens is 1. The van der Waals surface area contributed by atoms with Gasteiger partial charge in [-0.2, -0.15) is 5.26 Å². The number of nitrogens with two attached hydrogens (primary N) is 1. The van der Waals surface area contributed by atoms with Gasteiger partial charge in [0.25, 0.3) is 0 Å². The van der Waals surface area contributed by atoms with Crippen molar-refractivity contribution in [2.45, 2.75) is 13.5 Å². The molecule has 4 heteroatoms. The number of thiophene rings is 1. The quantitative estimate of drug-likeness (QED) is 0.839. The van der Waals surface area contributed by atoms with E-state index in [1.54, 1.807) is 11.3 Å². The van der Waals surface area contributed by atoms with Crippen molar-refractivity contribution in [2.24, 2.45) is 0 Å². The van der Waals surface area contributed by atoms with Crippen LogP contribution in [0, 0.1) is 18.3 Å². The SMILES string of the molecule is Cc1cn(Cc2cccs2)c(N)c1C#N. The lowest BCUT2D eigenvalue weighted by Gasteiger charge is -2.02. The summed E-state index contributed by atoms with van der Waals surface area (Å²) in [4.78, 5) is 1.24. The van der Waals surface area contributed by atoms with Gasteiger partial charge in [-0.05, 0) is 23.9 Å². The molecule has 2 N–H and O–H groups in total. The minimum Gasteiger partial charge on any atom is -0.384 e. The predicted molar refractivity (Wildman–Crippen MR) is 61.7 cm³/mol. The van der Waals surface area contributed by atoms with E-state index in [9.17, 15) is 0 Å². The molecule has 0 saturated carbocycles. The van der Waals surface area contributed by atoms with Crippen LogP contribution in [0.25, 0.3) is 0 Å². The normalized spacial score (nSPS) is 10.1. The minimum atomic E-state index is 0.559. The molecule has 76 valence electrons. The molecule has 0 amide bonds. The van der Waals surface area contributed by atoms with Gasteiger partial charge < -0.3 is 10.3 Å². The zero-order valence-electron chi connectivity index (χ0n) is 8.40. The zero-order chi connectivity index (χ0) is 10.8. The Bertz CT molecular complexity index is 503. The molecular formula is C11H11N3S. The van der Waals surface area contributed by atoms with E-state index in [-0.39, 0.29) is 0 Å². The molecule has 0 aromatic carbocycles. The third-order valence-electron chi connectivity index (χ3n) is 2.33. The summed E-state index contributed by atoms with van der Waals surface area (Å²) in [5, 5.41) is 10.9. The summed E-state index contributed by atoms with van der Waals surface area (Å²) in [5.41, 5.74) is 7.40. The van der Waals surface area contributed by atoms with Gasteiger partial charge >= 0.3 is 0 Å². The van der Waals surface area contributed by atoms with Crippen molar-refractivity contribution in [1.29, 1.82) is 5.26 Å². The molecule has 0 aliphatic rings. The predicted octanol–water partition coefficient (Wildman–Crippen LogP) is 2.36. The lowest BCUT2D eigenvalue weighted by molar-refractivity contribution is 0.828. The lowest BCUT2D eigenvalue weighted by atomic mass is 10.2. The van der Waals surface area contributed by atoms with Crippen molar-refractivity contribution < 1.29 is 0 Å². The monoisotopic (exact) mass is 217 g/mol. The first-order valence-electron chi connectivity index (χ1n) is 4.60. The molecular weight excluding hydrogens is 206 g/mol. The average Bonchev–Trinajstić information content (AvgIpc) is 2.78. The van der Waals surface area contributed by atoms with Crippen LogP contribution in [0.5, 0.6) is 0 Å². The van der Waals surface area contributed by atoms with Gasteiger partial charge in [0, 0.05) is 11.1 Å². The van der Waals surface area contributed by atoms with Crippen LogP contribution < -0.4 is 5.73 Å². The van der Waals surface area contributed by atoms with Gasteiger partial charge in [0.2, 0.25) is 0 Å². The van der Waals surface area contributed by atoms with Gasteiger partial charge in [0.15, 0.2) is 0 Å². The summed E-state index contributed by atoms with van der Waals surface area (Å²) in [7, 11) is 0. The first-order chi connectivity index (χ1) is 7.22. The fraction of sp³-hybridized carbons (Fsp3) is 0.182. The van der Waals surface area contributed by atoms with Crippen LogP contribution in [0.1, 0.15) is 16.0 Å². The van der Waals surface area contributed by atoms with E-state index in [0.717, 1.165) is 12.1 Å². The second-order valence-electron chi connectivity index (χ2n) is 3.39. The van der Waals surface area contributed by atoms with Crippen LogP contribution in [-0.2, 0) is 6.54 Å². The van der Waals surface area contributed by atoms with Crippen LogP contribution >= 0.6 is 11.3 Å². The van der Waals surface area contributed by atoms with Crippen LogP contribution in [0.2, 0.25) is 0 Å². The van der Waals surface area contributed by atoms with E-state index >= 15 is 0 Å². The first kappa shape index (κ1) is 9.81. The van der Waals surface area contributed by atoms with Crippen molar-refractivity contribution in [3.8, 4) is 6.07 Å². The summed E-state index contributed by atoms with van der Waals surface area (Å²) in [6.07, 6.45) is 1.92. The van der Waals surface area contributed by atoms with Gasteiger partial charge in [-0.25, -0.2) is 0 Å². The smallest absolute Gasteiger partial charge is 0.122 e. The van der Waals surface area contributed by atoms with Crippen molar-refractivity contribution >= 4 is 17.2 Å². The molecule has 0 aliphatic heterocycles. The van der Waals surface area contributed by atoms with E-state index in [4.69, 9.17) is 11.0 Å². The van der Waals surface area contributed by atoms with Gasteiger partial charge in [0.1, 0.15) is 11.9 Å². The standard InChI is InChI=1S/C11H11N3S/c1-8-6-14(11(13)10(8)5-12)7-9-3-2-4-15-9/h2-4,6H,7,13H2,1H3. The largest absolute Gasteiger partial charge is 0.384 e. The second kappa shape index (κ2) is 3.79. The third kappa shape index (κ3) is 1.74. The Hall–Kier alpha value is -1.73. The first-order valence-corrected chi connectivity index (χ1v) is 5.48. The Kier molecular flexibility index (Phi) is 2.48. The molecule has 0 spiro atoms. The third-order valence-corrected chi connectivity index (χ3v) is 3.19. The van der Waals surface area contributed by atoms with E-state index < -0.39 is 0 Å². The number of hydrogen-bond donors (Lipinski definition) is 1. The number of nitriles is 1. The molecule has 0 aliphatic carbocycles. The van der Waals surface area contributed by atoms with Crippen LogP contribution in [0.3, 0.4) is 0 Å². The van der Waals surface area contributed by atoms with Gasteiger partial charge in [-0.3, -0.25) is 0 Å². The molecule has 15 heavy (non-hydrogen) atoms. The average molecular weight is 217 g/mol. The molecule has 0 radical (unpaired) electrons. The van der Waals surface area contributed by atoms with Gasteiger partial charge in [0.05, 0.1) is 12.1 Å². The molecule has 2 aromatic rings. The molecule has 2 aromatic heterocycles. The summed E-state index contributed by atoms with van der Waals surface area (Å²) >= 11 is 1.69. The minimum absolute atomic E-state index is 0.559. The molecule has 2 heterocycles.